The van der Waals surface area contributed by atoms with E-state index in [9.17, 15) is 9.59 Å². The van der Waals surface area contributed by atoms with Crippen LogP contribution in [0.3, 0.4) is 0 Å². The van der Waals surface area contributed by atoms with Crippen LogP contribution in [0.25, 0.3) is 0 Å². The Bertz CT molecular complexity index is 401. The van der Waals surface area contributed by atoms with Gasteiger partial charge in [0.25, 0.3) is 0 Å². The first kappa shape index (κ1) is 14.0. The van der Waals surface area contributed by atoms with Crippen molar-refractivity contribution in [2.45, 2.75) is 12.5 Å². The number of nitrogens with zero attached hydrogens (tertiary/aromatic N) is 1. The third kappa shape index (κ3) is 3.76. The molecule has 0 heterocycles. The molecule has 0 bridgehead atoms. The summed E-state index contributed by atoms with van der Waals surface area (Å²) in [6, 6.07) is 6.87. The Kier molecular flexibility index (Phi) is 5.17. The molecular weight excluding hydrogens is 232 g/mol. The molecule has 0 radical (unpaired) electrons. The molecule has 1 aromatic carbocycles. The number of carbonyl (C=O) groups is 2. The number of rotatable bonds is 6. The molecule has 98 valence electrons. The molecule has 0 aliphatic heterocycles. The molecule has 1 rings (SSSR count). The maximum atomic E-state index is 11.8. The van der Waals surface area contributed by atoms with Gasteiger partial charge in [0.2, 0.25) is 12.3 Å². The van der Waals surface area contributed by atoms with E-state index in [2.05, 4.69) is 5.32 Å². The fourth-order valence-electron chi connectivity index (χ4n) is 1.61. The first-order chi connectivity index (χ1) is 8.58. The fraction of sp³-hybridized carbons (Fsp3) is 0.385. The third-order valence-electron chi connectivity index (χ3n) is 2.61. The molecule has 0 spiro atoms. The maximum absolute atomic E-state index is 11.8. The lowest BCUT2D eigenvalue weighted by atomic mass is 10.0. The van der Waals surface area contributed by atoms with Crippen LogP contribution in [0, 0.1) is 0 Å². The maximum Gasteiger partial charge on any atom is 0.244 e. The fourth-order valence-corrected chi connectivity index (χ4v) is 1.61. The first-order valence-electron chi connectivity index (χ1n) is 5.62. The smallest absolute Gasteiger partial charge is 0.244 e. The minimum atomic E-state index is -0.536. The predicted molar refractivity (Wildman–Crippen MR) is 68.4 cm³/mol. The molecule has 1 atom stereocenters. The highest BCUT2D eigenvalue weighted by Gasteiger charge is 2.19. The van der Waals surface area contributed by atoms with Crippen LogP contribution in [0.5, 0.6) is 5.75 Å². The predicted octanol–water partition coefficient (Wildman–Crippen LogP) is 0.441. The van der Waals surface area contributed by atoms with E-state index in [1.54, 1.807) is 21.2 Å². The van der Waals surface area contributed by atoms with Crippen molar-refractivity contribution in [2.75, 3.05) is 21.2 Å². The van der Waals surface area contributed by atoms with Crippen LogP contribution in [0.15, 0.2) is 24.3 Å². The number of hydrogen-bond donors (Lipinski definition) is 1. The second-order valence-corrected chi connectivity index (χ2v) is 4.12. The third-order valence-corrected chi connectivity index (χ3v) is 2.61. The molecule has 1 N–H and O–H groups in total. The molecular formula is C13H18N2O3. The Balaban J connectivity index is 2.75. The zero-order valence-electron chi connectivity index (χ0n) is 10.8. The molecule has 5 heteroatoms. The van der Waals surface area contributed by atoms with E-state index in [1.165, 1.54) is 4.90 Å². The number of carbonyl (C=O) groups excluding carboxylic acids is 2. The number of ether oxygens (including phenoxy) is 1. The van der Waals surface area contributed by atoms with Crippen molar-refractivity contribution in [3.8, 4) is 5.75 Å². The van der Waals surface area contributed by atoms with Gasteiger partial charge in [-0.1, -0.05) is 12.1 Å². The summed E-state index contributed by atoms with van der Waals surface area (Å²) < 4.78 is 5.06. The van der Waals surface area contributed by atoms with E-state index in [-0.39, 0.29) is 5.91 Å². The van der Waals surface area contributed by atoms with Gasteiger partial charge in [0.15, 0.2) is 0 Å². The van der Waals surface area contributed by atoms with E-state index in [0.29, 0.717) is 12.8 Å². The van der Waals surface area contributed by atoms with Crippen molar-refractivity contribution < 1.29 is 14.3 Å². The number of nitrogens with one attached hydrogen (secondary N) is 1. The van der Waals surface area contributed by atoms with Gasteiger partial charge in [-0.25, -0.2) is 0 Å². The summed E-state index contributed by atoms with van der Waals surface area (Å²) >= 11 is 0. The zero-order valence-corrected chi connectivity index (χ0v) is 10.8. The summed E-state index contributed by atoms with van der Waals surface area (Å²) in [6.45, 7) is 0. The minimum Gasteiger partial charge on any atom is -0.497 e. The van der Waals surface area contributed by atoms with Crippen molar-refractivity contribution in [1.29, 1.82) is 0 Å². The highest BCUT2D eigenvalue weighted by Crippen LogP contribution is 2.13. The van der Waals surface area contributed by atoms with E-state index in [4.69, 9.17) is 4.74 Å². The Hall–Kier alpha value is -2.04. The van der Waals surface area contributed by atoms with Crippen LogP contribution >= 0.6 is 0 Å². The molecule has 5 nitrogen and oxygen atoms in total. The van der Waals surface area contributed by atoms with Crippen LogP contribution < -0.4 is 10.1 Å². The van der Waals surface area contributed by atoms with E-state index < -0.39 is 6.04 Å². The van der Waals surface area contributed by atoms with Crippen molar-refractivity contribution >= 4 is 12.3 Å². The van der Waals surface area contributed by atoms with E-state index in [0.717, 1.165) is 11.3 Å². The van der Waals surface area contributed by atoms with Gasteiger partial charge in [0.05, 0.1) is 7.11 Å². The van der Waals surface area contributed by atoms with Crippen molar-refractivity contribution in [3.63, 3.8) is 0 Å². The Morgan fingerprint density at radius 2 is 2.00 bits per heavy atom. The summed E-state index contributed by atoms with van der Waals surface area (Å²) in [5, 5.41) is 2.54. The van der Waals surface area contributed by atoms with Crippen molar-refractivity contribution in [2.24, 2.45) is 0 Å². The van der Waals surface area contributed by atoms with Gasteiger partial charge in [-0.15, -0.1) is 0 Å². The molecule has 0 aliphatic carbocycles. The molecule has 0 aliphatic rings. The second-order valence-electron chi connectivity index (χ2n) is 4.12. The summed E-state index contributed by atoms with van der Waals surface area (Å²) in [5.41, 5.74) is 0.963. The number of hydrogen-bond acceptors (Lipinski definition) is 3. The summed E-state index contributed by atoms with van der Waals surface area (Å²) in [5.74, 6) is 0.635. The van der Waals surface area contributed by atoms with Crippen molar-refractivity contribution in [1.82, 2.24) is 10.2 Å². The monoisotopic (exact) mass is 250 g/mol. The van der Waals surface area contributed by atoms with Crippen LogP contribution in [-0.4, -0.2) is 44.5 Å². The van der Waals surface area contributed by atoms with Gasteiger partial charge in [-0.05, 0) is 17.7 Å². The SMILES string of the molecule is COc1ccc(CC(NC=O)C(=O)N(C)C)cc1. The Morgan fingerprint density at radius 3 is 2.44 bits per heavy atom. The Morgan fingerprint density at radius 1 is 1.39 bits per heavy atom. The molecule has 0 fully saturated rings. The Labute approximate surface area is 107 Å². The molecule has 2 amide bonds. The number of benzene rings is 1. The molecule has 0 saturated carbocycles. The quantitative estimate of drug-likeness (QED) is 0.745. The van der Waals surface area contributed by atoms with Gasteiger partial charge < -0.3 is 15.0 Å². The van der Waals surface area contributed by atoms with Crippen molar-refractivity contribution in [3.05, 3.63) is 29.8 Å². The summed E-state index contributed by atoms with van der Waals surface area (Å²) in [4.78, 5) is 23.8. The van der Waals surface area contributed by atoms with Crippen LogP contribution in [0.4, 0.5) is 0 Å². The molecule has 0 saturated heterocycles. The van der Waals surface area contributed by atoms with Gasteiger partial charge in [-0.2, -0.15) is 0 Å². The number of methoxy groups -OCH3 is 1. The largest absolute Gasteiger partial charge is 0.497 e. The standard InChI is InChI=1S/C13H18N2O3/c1-15(2)13(17)12(14-9-16)8-10-4-6-11(18-3)7-5-10/h4-7,9,12H,8H2,1-3H3,(H,14,16). The van der Waals surface area contributed by atoms with Gasteiger partial charge in [0.1, 0.15) is 11.8 Å². The highest BCUT2D eigenvalue weighted by atomic mass is 16.5. The summed E-state index contributed by atoms with van der Waals surface area (Å²) in [6.07, 6.45) is 1.01. The number of likely N-dealkylation sites (N-methyl/N-ethyl adjacent to an activating group) is 1. The van der Waals surface area contributed by atoms with Gasteiger partial charge in [-0.3, -0.25) is 9.59 Å². The minimum absolute atomic E-state index is 0.127. The van der Waals surface area contributed by atoms with Gasteiger partial charge in [0, 0.05) is 20.5 Å². The average Bonchev–Trinajstić information content (AvgIpc) is 2.38. The molecule has 1 unspecified atom stereocenters. The molecule has 0 aromatic heterocycles. The van der Waals surface area contributed by atoms with Crippen LogP contribution in [0.1, 0.15) is 5.56 Å². The lowest BCUT2D eigenvalue weighted by Crippen LogP contribution is -2.44. The topological polar surface area (TPSA) is 58.6 Å². The second kappa shape index (κ2) is 6.64. The highest BCUT2D eigenvalue weighted by molar-refractivity contribution is 5.83. The van der Waals surface area contributed by atoms with Crippen LogP contribution in [-0.2, 0) is 16.0 Å². The van der Waals surface area contributed by atoms with Crippen LogP contribution in [0.2, 0.25) is 0 Å². The zero-order chi connectivity index (χ0) is 13.5. The normalized spacial score (nSPS) is 11.5. The number of amides is 2. The lowest BCUT2D eigenvalue weighted by molar-refractivity contribution is -0.132. The lowest BCUT2D eigenvalue weighted by Gasteiger charge is -2.19. The molecule has 18 heavy (non-hydrogen) atoms. The van der Waals surface area contributed by atoms with E-state index in [1.807, 2.05) is 24.3 Å². The average molecular weight is 250 g/mol. The molecule has 1 aromatic rings. The summed E-state index contributed by atoms with van der Waals surface area (Å²) in [7, 11) is 4.92. The first-order valence-corrected chi connectivity index (χ1v) is 5.62. The van der Waals surface area contributed by atoms with Gasteiger partial charge >= 0.3 is 0 Å². The van der Waals surface area contributed by atoms with E-state index >= 15 is 0 Å².